The van der Waals surface area contributed by atoms with Gasteiger partial charge >= 0.3 is 0 Å². The van der Waals surface area contributed by atoms with Crippen molar-refractivity contribution in [3.05, 3.63) is 65.2 Å². The summed E-state index contributed by atoms with van der Waals surface area (Å²) in [5.74, 6) is -0.148. The number of halogens is 1. The molecule has 1 aromatic heterocycles. The standard InChI is InChI=1S/C24H26FN5O3/c1-4-30-8-7-15-10-18(5-6-20(15)30)29-24-27-12-19(13-28-24)33-14-17-9-16(23(31)26-2)11-21(32-3)22(17)25/h5-6,9-13H,4,7-8,14H2,1-3H3,(H,26,31)(H,27,28,29). The number of nitrogens with zero attached hydrogens (tertiary/aromatic N) is 3. The molecule has 33 heavy (non-hydrogen) atoms. The summed E-state index contributed by atoms with van der Waals surface area (Å²) in [5, 5.41) is 5.71. The average Bonchev–Trinajstić information content (AvgIpc) is 3.26. The minimum atomic E-state index is -0.581. The summed E-state index contributed by atoms with van der Waals surface area (Å²) in [6, 6.07) is 9.02. The Morgan fingerprint density at radius 3 is 2.70 bits per heavy atom. The van der Waals surface area contributed by atoms with E-state index < -0.39 is 5.82 Å². The van der Waals surface area contributed by atoms with Crippen molar-refractivity contribution in [3.8, 4) is 11.5 Å². The number of nitrogens with one attached hydrogen (secondary N) is 2. The predicted molar refractivity (Wildman–Crippen MR) is 124 cm³/mol. The number of hydrogen-bond donors (Lipinski definition) is 2. The van der Waals surface area contributed by atoms with Crippen molar-refractivity contribution in [2.24, 2.45) is 0 Å². The Hall–Kier alpha value is -3.88. The second-order valence-electron chi connectivity index (χ2n) is 7.56. The van der Waals surface area contributed by atoms with Gasteiger partial charge in [-0.25, -0.2) is 14.4 Å². The number of ether oxygens (including phenoxy) is 2. The normalized spacial score (nSPS) is 12.3. The summed E-state index contributed by atoms with van der Waals surface area (Å²) >= 11 is 0. The van der Waals surface area contributed by atoms with Crippen LogP contribution in [0.25, 0.3) is 0 Å². The molecule has 8 nitrogen and oxygen atoms in total. The van der Waals surface area contributed by atoms with Gasteiger partial charge in [0, 0.05) is 42.6 Å². The first-order chi connectivity index (χ1) is 16.0. The van der Waals surface area contributed by atoms with E-state index in [1.807, 2.05) is 6.07 Å². The van der Waals surface area contributed by atoms with Crippen molar-refractivity contribution >= 4 is 23.2 Å². The van der Waals surface area contributed by atoms with Gasteiger partial charge < -0.3 is 25.0 Å². The number of carbonyl (C=O) groups is 1. The number of anilines is 3. The fourth-order valence-electron chi connectivity index (χ4n) is 3.81. The highest BCUT2D eigenvalue weighted by Gasteiger charge is 2.18. The number of amides is 1. The first kappa shape index (κ1) is 22.3. The lowest BCUT2D eigenvalue weighted by molar-refractivity contribution is 0.0962. The maximum absolute atomic E-state index is 14.6. The molecule has 0 bridgehead atoms. The van der Waals surface area contributed by atoms with Crippen LogP contribution in [0, 0.1) is 5.82 Å². The molecular weight excluding hydrogens is 425 g/mol. The molecule has 172 valence electrons. The van der Waals surface area contributed by atoms with Gasteiger partial charge in [-0.3, -0.25) is 4.79 Å². The summed E-state index contributed by atoms with van der Waals surface area (Å²) in [5.41, 5.74) is 3.96. The first-order valence-corrected chi connectivity index (χ1v) is 10.7. The molecule has 4 rings (SSSR count). The third-order valence-corrected chi connectivity index (χ3v) is 5.56. The molecule has 9 heteroatoms. The average molecular weight is 452 g/mol. The van der Waals surface area contributed by atoms with Gasteiger partial charge in [-0.15, -0.1) is 0 Å². The number of aromatic nitrogens is 2. The van der Waals surface area contributed by atoms with Crippen LogP contribution in [0.15, 0.2) is 42.7 Å². The topological polar surface area (TPSA) is 88.6 Å². The highest BCUT2D eigenvalue weighted by Crippen LogP contribution is 2.31. The fraction of sp³-hybridized carbons (Fsp3) is 0.292. The zero-order valence-electron chi connectivity index (χ0n) is 18.8. The Bertz CT molecular complexity index is 1150. The zero-order valence-corrected chi connectivity index (χ0v) is 18.8. The van der Waals surface area contributed by atoms with E-state index in [9.17, 15) is 9.18 Å². The molecule has 0 aliphatic carbocycles. The molecule has 0 saturated carbocycles. The number of fused-ring (bicyclic) bond motifs is 1. The third kappa shape index (κ3) is 4.82. The van der Waals surface area contributed by atoms with E-state index in [2.05, 4.69) is 44.6 Å². The molecule has 2 aromatic carbocycles. The molecule has 2 N–H and O–H groups in total. The molecule has 0 spiro atoms. The molecule has 0 unspecified atom stereocenters. The smallest absolute Gasteiger partial charge is 0.251 e. The molecule has 0 atom stereocenters. The van der Waals surface area contributed by atoms with Crippen LogP contribution in [0.2, 0.25) is 0 Å². The lowest BCUT2D eigenvalue weighted by atomic mass is 10.1. The van der Waals surface area contributed by atoms with Crippen LogP contribution in [0.5, 0.6) is 11.5 Å². The SMILES string of the molecule is CCN1CCc2cc(Nc3ncc(OCc4cc(C(=O)NC)cc(OC)c4F)cn3)ccc21. The van der Waals surface area contributed by atoms with Crippen molar-refractivity contribution in [1.29, 1.82) is 0 Å². The van der Waals surface area contributed by atoms with Crippen molar-refractivity contribution in [1.82, 2.24) is 15.3 Å². The largest absolute Gasteiger partial charge is 0.494 e. The van der Waals surface area contributed by atoms with E-state index in [1.165, 1.54) is 49.9 Å². The van der Waals surface area contributed by atoms with Crippen LogP contribution in [0.3, 0.4) is 0 Å². The lowest BCUT2D eigenvalue weighted by Crippen LogP contribution is -2.18. The summed E-state index contributed by atoms with van der Waals surface area (Å²) < 4.78 is 25.3. The summed E-state index contributed by atoms with van der Waals surface area (Å²) in [6.45, 7) is 4.08. The molecule has 0 radical (unpaired) electrons. The summed E-state index contributed by atoms with van der Waals surface area (Å²) in [6.07, 6.45) is 4.05. The molecule has 1 aliphatic heterocycles. The Morgan fingerprint density at radius 2 is 2.00 bits per heavy atom. The van der Waals surface area contributed by atoms with E-state index in [-0.39, 0.29) is 29.4 Å². The number of likely N-dealkylation sites (N-methyl/N-ethyl adjacent to an activating group) is 1. The monoisotopic (exact) mass is 451 g/mol. The van der Waals surface area contributed by atoms with Gasteiger partial charge in [-0.2, -0.15) is 0 Å². The molecule has 0 saturated heterocycles. The van der Waals surface area contributed by atoms with Crippen LogP contribution < -0.4 is 25.0 Å². The maximum atomic E-state index is 14.6. The Labute approximate surface area is 191 Å². The van der Waals surface area contributed by atoms with E-state index in [0.29, 0.717) is 11.7 Å². The van der Waals surface area contributed by atoms with E-state index >= 15 is 0 Å². The van der Waals surface area contributed by atoms with Crippen molar-refractivity contribution in [2.45, 2.75) is 20.0 Å². The molecule has 3 aromatic rings. The van der Waals surface area contributed by atoms with Gasteiger partial charge in [-0.1, -0.05) is 0 Å². The number of methoxy groups -OCH3 is 1. The highest BCUT2D eigenvalue weighted by molar-refractivity contribution is 5.94. The van der Waals surface area contributed by atoms with Gasteiger partial charge in [0.15, 0.2) is 17.3 Å². The van der Waals surface area contributed by atoms with Crippen LogP contribution in [0.4, 0.5) is 21.7 Å². The highest BCUT2D eigenvalue weighted by atomic mass is 19.1. The van der Waals surface area contributed by atoms with E-state index in [0.717, 1.165) is 25.2 Å². The number of benzene rings is 2. The van der Waals surface area contributed by atoms with Gasteiger partial charge in [0.2, 0.25) is 5.95 Å². The summed E-state index contributed by atoms with van der Waals surface area (Å²) in [4.78, 5) is 22.9. The molecule has 1 amide bonds. The Balaban J connectivity index is 1.42. The van der Waals surface area contributed by atoms with Crippen molar-refractivity contribution < 1.29 is 18.7 Å². The fourth-order valence-corrected chi connectivity index (χ4v) is 3.81. The van der Waals surface area contributed by atoms with Gasteiger partial charge in [0.1, 0.15) is 6.61 Å². The number of rotatable bonds is 8. The zero-order chi connectivity index (χ0) is 23.4. The van der Waals surface area contributed by atoms with Crippen LogP contribution in [-0.2, 0) is 13.0 Å². The quantitative estimate of drug-likeness (QED) is 0.540. The third-order valence-electron chi connectivity index (χ3n) is 5.56. The number of hydrogen-bond acceptors (Lipinski definition) is 7. The number of carbonyl (C=O) groups excluding carboxylic acids is 1. The molecule has 2 heterocycles. The second-order valence-corrected chi connectivity index (χ2v) is 7.56. The van der Waals surface area contributed by atoms with E-state index in [1.54, 1.807) is 0 Å². The molecule has 0 fully saturated rings. The van der Waals surface area contributed by atoms with Crippen molar-refractivity contribution in [2.75, 3.05) is 37.5 Å². The van der Waals surface area contributed by atoms with Gasteiger partial charge in [0.25, 0.3) is 5.91 Å². The minimum Gasteiger partial charge on any atom is -0.494 e. The van der Waals surface area contributed by atoms with Crippen LogP contribution >= 0.6 is 0 Å². The Morgan fingerprint density at radius 1 is 1.21 bits per heavy atom. The van der Waals surface area contributed by atoms with Crippen molar-refractivity contribution in [3.63, 3.8) is 0 Å². The summed E-state index contributed by atoms with van der Waals surface area (Å²) in [7, 11) is 2.85. The van der Waals surface area contributed by atoms with Gasteiger partial charge in [-0.05, 0) is 49.2 Å². The first-order valence-electron chi connectivity index (χ1n) is 10.7. The van der Waals surface area contributed by atoms with Crippen LogP contribution in [0.1, 0.15) is 28.4 Å². The minimum absolute atomic E-state index is 0.0260. The van der Waals surface area contributed by atoms with Crippen LogP contribution in [-0.4, -0.2) is 43.1 Å². The van der Waals surface area contributed by atoms with Gasteiger partial charge in [0.05, 0.1) is 19.5 Å². The Kier molecular flexibility index (Phi) is 6.58. The van der Waals surface area contributed by atoms with E-state index in [4.69, 9.17) is 9.47 Å². The second kappa shape index (κ2) is 9.72. The molecular formula is C24H26FN5O3. The lowest BCUT2D eigenvalue weighted by Gasteiger charge is -2.16. The molecule has 1 aliphatic rings. The maximum Gasteiger partial charge on any atom is 0.251 e. The predicted octanol–water partition coefficient (Wildman–Crippen LogP) is 3.69.